The monoisotopic (exact) mass is 296 g/mol. The highest BCUT2D eigenvalue weighted by Crippen LogP contribution is 2.14. The Balaban J connectivity index is 1.99. The largest absolute Gasteiger partial charge is 0.478 e. The molecule has 0 unspecified atom stereocenters. The molecule has 0 spiro atoms. The molecule has 0 bridgehead atoms. The molecule has 0 heterocycles. The molecule has 6 heteroatoms. The molecule has 0 aliphatic carbocycles. The lowest BCUT2D eigenvalue weighted by Gasteiger charge is -1.95. The summed E-state index contributed by atoms with van der Waals surface area (Å²) in [6, 6.07) is 12.3. The smallest absolute Gasteiger partial charge is 0.335 e. The van der Waals surface area contributed by atoms with Crippen molar-refractivity contribution in [3.05, 3.63) is 75.8 Å². The zero-order valence-corrected chi connectivity index (χ0v) is 11.4. The molecule has 0 amide bonds. The van der Waals surface area contributed by atoms with Gasteiger partial charge in [0.25, 0.3) is 5.69 Å². The van der Waals surface area contributed by atoms with Gasteiger partial charge in [0.05, 0.1) is 16.2 Å². The lowest BCUT2D eigenvalue weighted by atomic mass is 10.2. The Kier molecular flexibility index (Phi) is 4.77. The number of hydrogen-bond donors (Lipinski definition) is 1. The van der Waals surface area contributed by atoms with Gasteiger partial charge in [-0.15, -0.1) is 0 Å². The van der Waals surface area contributed by atoms with Crippen LogP contribution in [0.15, 0.2) is 59.6 Å². The average molecular weight is 296 g/mol. The van der Waals surface area contributed by atoms with E-state index in [9.17, 15) is 14.9 Å². The molecular weight excluding hydrogens is 284 g/mol. The number of non-ortho nitro benzene ring substituents is 1. The Hall–Kier alpha value is -3.28. The highest BCUT2D eigenvalue weighted by molar-refractivity contribution is 5.88. The first-order valence-corrected chi connectivity index (χ1v) is 6.35. The van der Waals surface area contributed by atoms with E-state index in [2.05, 4.69) is 4.99 Å². The van der Waals surface area contributed by atoms with Crippen molar-refractivity contribution in [2.45, 2.75) is 0 Å². The molecule has 0 aliphatic rings. The lowest BCUT2D eigenvalue weighted by molar-refractivity contribution is -0.384. The number of hydrogen-bond acceptors (Lipinski definition) is 4. The Morgan fingerprint density at radius 3 is 2.27 bits per heavy atom. The topological polar surface area (TPSA) is 92.8 Å². The fraction of sp³-hybridized carbons (Fsp3) is 0. The van der Waals surface area contributed by atoms with Gasteiger partial charge >= 0.3 is 5.97 Å². The van der Waals surface area contributed by atoms with Crippen LogP contribution >= 0.6 is 0 Å². The zero-order valence-electron chi connectivity index (χ0n) is 11.4. The number of nitrogens with zero attached hydrogens (tertiary/aromatic N) is 2. The van der Waals surface area contributed by atoms with Gasteiger partial charge in [0, 0.05) is 18.3 Å². The molecule has 22 heavy (non-hydrogen) atoms. The minimum absolute atomic E-state index is 0.0457. The lowest BCUT2D eigenvalue weighted by Crippen LogP contribution is -1.94. The van der Waals surface area contributed by atoms with Crippen LogP contribution in [0.5, 0.6) is 0 Å². The molecule has 0 saturated carbocycles. The number of nitro groups is 1. The maximum atomic E-state index is 10.7. The van der Waals surface area contributed by atoms with Gasteiger partial charge in [0.2, 0.25) is 0 Å². The van der Waals surface area contributed by atoms with E-state index in [4.69, 9.17) is 5.11 Å². The standard InChI is InChI=1S/C16H12N2O4/c19-16(20)13-5-7-14(8-6-13)17-11-1-2-12-3-9-15(10-4-12)18(21)22/h1-11H,(H,19,20)/b2-1+,17-11?. The van der Waals surface area contributed by atoms with Crippen LogP contribution in [0, 0.1) is 10.1 Å². The number of aromatic carboxylic acids is 1. The second kappa shape index (κ2) is 6.94. The van der Waals surface area contributed by atoms with Gasteiger partial charge in [-0.2, -0.15) is 0 Å². The van der Waals surface area contributed by atoms with Crippen molar-refractivity contribution >= 4 is 29.6 Å². The van der Waals surface area contributed by atoms with E-state index in [1.54, 1.807) is 42.6 Å². The van der Waals surface area contributed by atoms with E-state index in [1.165, 1.54) is 24.3 Å². The summed E-state index contributed by atoms with van der Waals surface area (Å²) >= 11 is 0. The maximum Gasteiger partial charge on any atom is 0.335 e. The predicted molar refractivity (Wildman–Crippen MR) is 83.7 cm³/mol. The second-order valence-corrected chi connectivity index (χ2v) is 4.34. The Morgan fingerprint density at radius 1 is 1.09 bits per heavy atom. The summed E-state index contributed by atoms with van der Waals surface area (Å²) in [5, 5.41) is 19.3. The quantitative estimate of drug-likeness (QED) is 0.517. The van der Waals surface area contributed by atoms with Crippen molar-refractivity contribution in [1.82, 2.24) is 0 Å². The first-order chi connectivity index (χ1) is 10.6. The SMILES string of the molecule is O=C(O)c1ccc(N=C/C=C/c2ccc([N+](=O)[O-])cc2)cc1. The first kappa shape index (κ1) is 15.1. The number of carbonyl (C=O) groups is 1. The molecule has 0 atom stereocenters. The van der Waals surface area contributed by atoms with Crippen LogP contribution in [0.4, 0.5) is 11.4 Å². The van der Waals surface area contributed by atoms with E-state index < -0.39 is 10.9 Å². The van der Waals surface area contributed by atoms with E-state index >= 15 is 0 Å². The van der Waals surface area contributed by atoms with Crippen LogP contribution in [0.1, 0.15) is 15.9 Å². The fourth-order valence-electron chi connectivity index (χ4n) is 1.68. The minimum Gasteiger partial charge on any atom is -0.478 e. The van der Waals surface area contributed by atoms with Gasteiger partial charge in [-0.05, 0) is 48.0 Å². The maximum absolute atomic E-state index is 10.7. The highest BCUT2D eigenvalue weighted by atomic mass is 16.6. The first-order valence-electron chi connectivity index (χ1n) is 6.35. The molecule has 2 aromatic carbocycles. The molecule has 6 nitrogen and oxygen atoms in total. The van der Waals surface area contributed by atoms with Crippen LogP contribution in [0.2, 0.25) is 0 Å². The number of rotatable bonds is 5. The summed E-state index contributed by atoms with van der Waals surface area (Å²) in [5.41, 5.74) is 1.71. The highest BCUT2D eigenvalue weighted by Gasteiger charge is 2.02. The van der Waals surface area contributed by atoms with Crippen molar-refractivity contribution in [2.24, 2.45) is 4.99 Å². The van der Waals surface area contributed by atoms with Crippen molar-refractivity contribution in [3.63, 3.8) is 0 Å². The number of aliphatic imine (C=N–C) groups is 1. The molecule has 2 aromatic rings. The Labute approximate surface area is 126 Å². The minimum atomic E-state index is -0.978. The number of carboxylic acid groups (broad SMARTS) is 1. The van der Waals surface area contributed by atoms with Crippen LogP contribution in [0.25, 0.3) is 6.08 Å². The molecule has 0 fully saturated rings. The van der Waals surface area contributed by atoms with E-state index in [0.717, 1.165) is 5.56 Å². The number of allylic oxidation sites excluding steroid dienone is 1. The van der Waals surface area contributed by atoms with Gasteiger partial charge in [0.15, 0.2) is 0 Å². The summed E-state index contributed by atoms with van der Waals surface area (Å²) in [7, 11) is 0. The van der Waals surface area contributed by atoms with Gasteiger partial charge in [0.1, 0.15) is 0 Å². The average Bonchev–Trinajstić information content (AvgIpc) is 2.52. The fourth-order valence-corrected chi connectivity index (χ4v) is 1.68. The number of benzene rings is 2. The summed E-state index contributed by atoms with van der Waals surface area (Å²) in [6.07, 6.45) is 5.03. The molecule has 2 rings (SSSR count). The second-order valence-electron chi connectivity index (χ2n) is 4.34. The molecule has 0 aromatic heterocycles. The summed E-state index contributed by atoms with van der Waals surface area (Å²) in [4.78, 5) is 24.9. The molecule has 0 saturated heterocycles. The molecule has 0 aliphatic heterocycles. The van der Waals surface area contributed by atoms with Crippen molar-refractivity contribution in [3.8, 4) is 0 Å². The van der Waals surface area contributed by atoms with Gasteiger partial charge in [-0.3, -0.25) is 15.1 Å². The van der Waals surface area contributed by atoms with Crippen LogP contribution in [0.3, 0.4) is 0 Å². The van der Waals surface area contributed by atoms with Gasteiger partial charge < -0.3 is 5.11 Å². The third-order valence-corrected chi connectivity index (χ3v) is 2.82. The van der Waals surface area contributed by atoms with Crippen LogP contribution in [-0.2, 0) is 0 Å². The van der Waals surface area contributed by atoms with Crippen LogP contribution in [-0.4, -0.2) is 22.2 Å². The third-order valence-electron chi connectivity index (χ3n) is 2.82. The van der Waals surface area contributed by atoms with E-state index in [0.29, 0.717) is 5.69 Å². The normalized spacial score (nSPS) is 11.1. The van der Waals surface area contributed by atoms with Crippen molar-refractivity contribution in [2.75, 3.05) is 0 Å². The Bertz CT molecular complexity index is 666. The Morgan fingerprint density at radius 2 is 1.73 bits per heavy atom. The van der Waals surface area contributed by atoms with Crippen molar-refractivity contribution < 1.29 is 14.8 Å². The summed E-state index contributed by atoms with van der Waals surface area (Å²) < 4.78 is 0. The zero-order chi connectivity index (χ0) is 15.9. The molecule has 1 N–H and O–H groups in total. The number of carboxylic acids is 1. The van der Waals surface area contributed by atoms with Gasteiger partial charge in [-0.1, -0.05) is 6.08 Å². The molecule has 110 valence electrons. The van der Waals surface area contributed by atoms with E-state index in [-0.39, 0.29) is 11.3 Å². The van der Waals surface area contributed by atoms with E-state index in [1.807, 2.05) is 0 Å². The van der Waals surface area contributed by atoms with Gasteiger partial charge in [-0.25, -0.2) is 4.79 Å². The number of nitro benzene ring substituents is 1. The van der Waals surface area contributed by atoms with Crippen molar-refractivity contribution in [1.29, 1.82) is 0 Å². The molecular formula is C16H12N2O4. The third kappa shape index (κ3) is 4.11. The van der Waals surface area contributed by atoms with Crippen LogP contribution < -0.4 is 0 Å². The predicted octanol–water partition coefficient (Wildman–Crippen LogP) is 3.71. The summed E-state index contributed by atoms with van der Waals surface area (Å²) in [5.74, 6) is -0.978. The summed E-state index contributed by atoms with van der Waals surface area (Å²) in [6.45, 7) is 0. The molecule has 0 radical (unpaired) electrons.